The van der Waals surface area contributed by atoms with E-state index in [1.165, 1.54) is 51.5 Å². The van der Waals surface area contributed by atoms with Gasteiger partial charge in [0.25, 0.3) is 0 Å². The fourth-order valence-corrected chi connectivity index (χ4v) is 3.83. The first kappa shape index (κ1) is 11.0. The van der Waals surface area contributed by atoms with Crippen LogP contribution >= 0.6 is 0 Å². The third kappa shape index (κ3) is 2.01. The molecule has 3 rings (SSSR count). The second-order valence-corrected chi connectivity index (χ2v) is 5.93. The SMILES string of the molecule is NC1CCN(C2CCOC3(CCCC3)C2)C1. The average molecular weight is 224 g/mol. The smallest absolute Gasteiger partial charge is 0.0697 e. The molecule has 1 spiro atoms. The van der Waals surface area contributed by atoms with Crippen molar-refractivity contribution < 1.29 is 4.74 Å². The van der Waals surface area contributed by atoms with Crippen molar-refractivity contribution in [2.75, 3.05) is 19.7 Å². The topological polar surface area (TPSA) is 38.5 Å². The monoisotopic (exact) mass is 224 g/mol. The molecule has 0 radical (unpaired) electrons. The summed E-state index contributed by atoms with van der Waals surface area (Å²) in [6.45, 7) is 3.29. The molecule has 3 nitrogen and oxygen atoms in total. The molecule has 3 heteroatoms. The molecular weight excluding hydrogens is 200 g/mol. The maximum absolute atomic E-state index is 6.09. The minimum atomic E-state index is 0.260. The summed E-state index contributed by atoms with van der Waals surface area (Å²) in [6.07, 6.45) is 8.99. The Kier molecular flexibility index (Phi) is 2.94. The molecule has 3 aliphatic rings. The second-order valence-electron chi connectivity index (χ2n) is 5.93. The zero-order valence-electron chi connectivity index (χ0n) is 10.2. The van der Waals surface area contributed by atoms with Crippen LogP contribution in [-0.2, 0) is 4.74 Å². The molecule has 2 unspecified atom stereocenters. The molecule has 0 amide bonds. The van der Waals surface area contributed by atoms with E-state index in [4.69, 9.17) is 10.5 Å². The van der Waals surface area contributed by atoms with Crippen molar-refractivity contribution in [3.8, 4) is 0 Å². The van der Waals surface area contributed by atoms with E-state index in [1.54, 1.807) is 0 Å². The van der Waals surface area contributed by atoms with Gasteiger partial charge in [-0.15, -0.1) is 0 Å². The summed E-state index contributed by atoms with van der Waals surface area (Å²) in [4.78, 5) is 2.62. The van der Waals surface area contributed by atoms with Gasteiger partial charge in [-0.3, -0.25) is 4.90 Å². The van der Waals surface area contributed by atoms with Crippen molar-refractivity contribution >= 4 is 0 Å². The maximum atomic E-state index is 6.09. The van der Waals surface area contributed by atoms with Gasteiger partial charge in [0.15, 0.2) is 0 Å². The van der Waals surface area contributed by atoms with Crippen molar-refractivity contribution in [3.63, 3.8) is 0 Å². The number of hydrogen-bond donors (Lipinski definition) is 1. The Balaban J connectivity index is 1.63. The van der Waals surface area contributed by atoms with Crippen LogP contribution in [0, 0.1) is 0 Å². The molecular formula is C13H24N2O. The van der Waals surface area contributed by atoms with Gasteiger partial charge < -0.3 is 10.5 Å². The zero-order valence-corrected chi connectivity index (χ0v) is 10.2. The summed E-state index contributed by atoms with van der Waals surface area (Å²) < 4.78 is 6.09. The number of ether oxygens (including phenoxy) is 1. The molecule has 2 N–H and O–H groups in total. The van der Waals surface area contributed by atoms with Gasteiger partial charge in [0.2, 0.25) is 0 Å². The third-order valence-corrected chi connectivity index (χ3v) is 4.75. The highest BCUT2D eigenvalue weighted by molar-refractivity contribution is 4.96. The van der Waals surface area contributed by atoms with E-state index in [1.807, 2.05) is 0 Å². The molecule has 0 aromatic carbocycles. The predicted molar refractivity (Wildman–Crippen MR) is 64.3 cm³/mol. The normalized spacial score (nSPS) is 39.6. The van der Waals surface area contributed by atoms with E-state index in [2.05, 4.69) is 4.90 Å². The van der Waals surface area contributed by atoms with E-state index in [-0.39, 0.29) is 5.60 Å². The summed E-state index contributed by atoms with van der Waals surface area (Å²) in [5.41, 5.74) is 6.26. The Labute approximate surface area is 98.3 Å². The molecule has 0 aromatic heterocycles. The molecule has 1 saturated carbocycles. The van der Waals surface area contributed by atoms with Gasteiger partial charge >= 0.3 is 0 Å². The van der Waals surface area contributed by atoms with E-state index in [9.17, 15) is 0 Å². The fraction of sp³-hybridized carbons (Fsp3) is 1.00. The summed E-state index contributed by atoms with van der Waals surface area (Å²) in [5, 5.41) is 0. The highest BCUT2D eigenvalue weighted by Gasteiger charge is 2.42. The van der Waals surface area contributed by atoms with E-state index in [0.717, 1.165) is 19.2 Å². The fourth-order valence-electron chi connectivity index (χ4n) is 3.83. The molecule has 92 valence electrons. The van der Waals surface area contributed by atoms with Gasteiger partial charge in [-0.05, 0) is 32.1 Å². The van der Waals surface area contributed by atoms with Crippen LogP contribution < -0.4 is 5.73 Å². The van der Waals surface area contributed by atoms with Crippen LogP contribution in [0.4, 0.5) is 0 Å². The van der Waals surface area contributed by atoms with Crippen LogP contribution in [0.3, 0.4) is 0 Å². The van der Waals surface area contributed by atoms with Crippen molar-refractivity contribution in [3.05, 3.63) is 0 Å². The van der Waals surface area contributed by atoms with Gasteiger partial charge in [0.1, 0.15) is 0 Å². The predicted octanol–water partition coefficient (Wildman–Crippen LogP) is 1.51. The lowest BCUT2D eigenvalue weighted by molar-refractivity contribution is -0.0992. The molecule has 2 saturated heterocycles. The molecule has 2 atom stereocenters. The maximum Gasteiger partial charge on any atom is 0.0697 e. The Bertz CT molecular complexity index is 250. The molecule has 0 aromatic rings. The molecule has 2 aliphatic heterocycles. The van der Waals surface area contributed by atoms with E-state index >= 15 is 0 Å². The Morgan fingerprint density at radius 1 is 1.19 bits per heavy atom. The van der Waals surface area contributed by atoms with Crippen molar-refractivity contribution in [2.24, 2.45) is 5.73 Å². The lowest BCUT2D eigenvalue weighted by atomic mass is 9.88. The minimum absolute atomic E-state index is 0.260. The number of nitrogens with zero attached hydrogens (tertiary/aromatic N) is 1. The molecule has 2 heterocycles. The Morgan fingerprint density at radius 3 is 2.69 bits per heavy atom. The van der Waals surface area contributed by atoms with Crippen LogP contribution in [0.1, 0.15) is 44.9 Å². The quantitative estimate of drug-likeness (QED) is 0.734. The van der Waals surface area contributed by atoms with Gasteiger partial charge in [-0.1, -0.05) is 12.8 Å². The van der Waals surface area contributed by atoms with Crippen molar-refractivity contribution in [1.82, 2.24) is 4.90 Å². The van der Waals surface area contributed by atoms with Crippen LogP contribution in [-0.4, -0.2) is 42.3 Å². The van der Waals surface area contributed by atoms with Gasteiger partial charge in [-0.25, -0.2) is 0 Å². The first-order chi connectivity index (χ1) is 7.77. The average Bonchev–Trinajstić information content (AvgIpc) is 2.89. The highest BCUT2D eigenvalue weighted by atomic mass is 16.5. The lowest BCUT2D eigenvalue weighted by Crippen LogP contribution is -2.47. The van der Waals surface area contributed by atoms with E-state index in [0.29, 0.717) is 6.04 Å². The van der Waals surface area contributed by atoms with Crippen molar-refractivity contribution in [2.45, 2.75) is 62.6 Å². The van der Waals surface area contributed by atoms with Gasteiger partial charge in [0.05, 0.1) is 5.60 Å². The number of hydrogen-bond acceptors (Lipinski definition) is 3. The molecule has 3 fully saturated rings. The molecule has 1 aliphatic carbocycles. The number of nitrogens with two attached hydrogens (primary N) is 1. The number of likely N-dealkylation sites (tertiary alicyclic amines) is 1. The Hall–Kier alpha value is -0.120. The largest absolute Gasteiger partial charge is 0.375 e. The summed E-state index contributed by atoms with van der Waals surface area (Å²) in [7, 11) is 0. The van der Waals surface area contributed by atoms with Crippen LogP contribution in [0.5, 0.6) is 0 Å². The summed E-state index contributed by atoms with van der Waals surface area (Å²) >= 11 is 0. The second kappa shape index (κ2) is 4.28. The first-order valence-electron chi connectivity index (χ1n) is 6.91. The summed E-state index contributed by atoms with van der Waals surface area (Å²) in [6, 6.07) is 1.17. The first-order valence-corrected chi connectivity index (χ1v) is 6.91. The van der Waals surface area contributed by atoms with Crippen LogP contribution in [0.15, 0.2) is 0 Å². The van der Waals surface area contributed by atoms with E-state index < -0.39 is 0 Å². The van der Waals surface area contributed by atoms with Gasteiger partial charge in [0, 0.05) is 31.8 Å². The molecule has 0 bridgehead atoms. The van der Waals surface area contributed by atoms with Crippen molar-refractivity contribution in [1.29, 1.82) is 0 Å². The third-order valence-electron chi connectivity index (χ3n) is 4.75. The standard InChI is InChI=1S/C13H24N2O/c14-11-3-7-15(10-11)12-4-8-16-13(9-12)5-1-2-6-13/h11-12H,1-10,14H2. The summed E-state index contributed by atoms with van der Waals surface area (Å²) in [5.74, 6) is 0. The molecule has 16 heavy (non-hydrogen) atoms. The number of rotatable bonds is 1. The van der Waals surface area contributed by atoms with Crippen LogP contribution in [0.25, 0.3) is 0 Å². The highest BCUT2D eigenvalue weighted by Crippen LogP contribution is 2.41. The minimum Gasteiger partial charge on any atom is -0.375 e. The van der Waals surface area contributed by atoms with Crippen LogP contribution in [0.2, 0.25) is 0 Å². The zero-order chi connectivity index (χ0) is 11.0. The lowest BCUT2D eigenvalue weighted by Gasteiger charge is -2.41. The van der Waals surface area contributed by atoms with Gasteiger partial charge in [-0.2, -0.15) is 0 Å². The Morgan fingerprint density at radius 2 is 2.00 bits per heavy atom.